The maximum absolute atomic E-state index is 11.5. The Morgan fingerprint density at radius 1 is 1.06 bits per heavy atom. The van der Waals surface area contributed by atoms with Gasteiger partial charge in [0.05, 0.1) is 0 Å². The fraction of sp³-hybridized carbons (Fsp3) is 0.769. The first-order valence-electron chi connectivity index (χ1n) is 6.60. The minimum Gasteiger partial charge on any atom is -0.356 e. The van der Waals surface area contributed by atoms with E-state index in [1.165, 1.54) is 11.8 Å². The predicted molar refractivity (Wildman–Crippen MR) is 69.8 cm³/mol. The van der Waals surface area contributed by atoms with Gasteiger partial charge in [0.25, 0.3) is 0 Å². The highest BCUT2D eigenvalue weighted by Crippen LogP contribution is 2.04. The second kappa shape index (κ2) is 9.62. The SMILES string of the molecule is CCNC(=O)CCCCCN(C(C)=O)C(=O)CC. The van der Waals surface area contributed by atoms with Crippen LogP contribution in [0.1, 0.15) is 52.9 Å². The maximum atomic E-state index is 11.5. The van der Waals surface area contributed by atoms with Crippen LogP contribution < -0.4 is 5.32 Å². The number of nitrogens with zero attached hydrogens (tertiary/aromatic N) is 1. The van der Waals surface area contributed by atoms with Crippen LogP contribution in [0.25, 0.3) is 0 Å². The third kappa shape index (κ3) is 7.04. The Labute approximate surface area is 109 Å². The summed E-state index contributed by atoms with van der Waals surface area (Å²) >= 11 is 0. The number of rotatable bonds is 8. The molecule has 1 N–H and O–H groups in total. The van der Waals surface area contributed by atoms with Gasteiger partial charge in [0.1, 0.15) is 0 Å². The highest BCUT2D eigenvalue weighted by molar-refractivity contribution is 5.93. The summed E-state index contributed by atoms with van der Waals surface area (Å²) in [5.41, 5.74) is 0. The quantitative estimate of drug-likeness (QED) is 0.669. The lowest BCUT2D eigenvalue weighted by atomic mass is 10.1. The van der Waals surface area contributed by atoms with Gasteiger partial charge in [0.2, 0.25) is 17.7 Å². The van der Waals surface area contributed by atoms with Crippen LogP contribution in [0.3, 0.4) is 0 Å². The van der Waals surface area contributed by atoms with E-state index in [1.807, 2.05) is 6.92 Å². The predicted octanol–water partition coefficient (Wildman–Crippen LogP) is 1.47. The van der Waals surface area contributed by atoms with Gasteiger partial charge in [-0.1, -0.05) is 13.3 Å². The number of amides is 3. The third-order valence-corrected chi connectivity index (χ3v) is 2.64. The van der Waals surface area contributed by atoms with Crippen LogP contribution in [0, 0.1) is 0 Å². The van der Waals surface area contributed by atoms with E-state index in [0.29, 0.717) is 25.9 Å². The van der Waals surface area contributed by atoms with Crippen LogP contribution in [0.4, 0.5) is 0 Å². The lowest BCUT2D eigenvalue weighted by Gasteiger charge is -2.18. The zero-order valence-electron chi connectivity index (χ0n) is 11.6. The summed E-state index contributed by atoms with van der Waals surface area (Å²) in [5.74, 6) is -0.276. The van der Waals surface area contributed by atoms with E-state index in [-0.39, 0.29) is 17.7 Å². The highest BCUT2D eigenvalue weighted by atomic mass is 16.2. The average molecular weight is 256 g/mol. The van der Waals surface area contributed by atoms with Crippen molar-refractivity contribution in [3.05, 3.63) is 0 Å². The number of carbonyl (C=O) groups is 3. The molecule has 0 aromatic carbocycles. The normalized spacial score (nSPS) is 9.94. The molecule has 104 valence electrons. The first-order valence-corrected chi connectivity index (χ1v) is 6.60. The minimum absolute atomic E-state index is 0.0607. The van der Waals surface area contributed by atoms with Gasteiger partial charge in [-0.25, -0.2) is 0 Å². The highest BCUT2D eigenvalue weighted by Gasteiger charge is 2.14. The molecule has 5 heteroatoms. The van der Waals surface area contributed by atoms with E-state index in [9.17, 15) is 14.4 Å². The summed E-state index contributed by atoms with van der Waals surface area (Å²) in [4.78, 5) is 35.2. The standard InChI is InChI=1S/C13H24N2O3/c1-4-13(18)15(11(3)16)10-8-6-7-9-12(17)14-5-2/h4-10H2,1-3H3,(H,14,17). The fourth-order valence-corrected chi connectivity index (χ4v) is 1.67. The molecule has 0 heterocycles. The second-order valence-corrected chi connectivity index (χ2v) is 4.18. The summed E-state index contributed by atoms with van der Waals surface area (Å²) in [6.45, 7) is 6.15. The van der Waals surface area contributed by atoms with Gasteiger partial charge in [-0.05, 0) is 19.8 Å². The molecule has 0 unspecified atom stereocenters. The molecule has 0 saturated heterocycles. The van der Waals surface area contributed by atoms with Gasteiger partial charge in [-0.2, -0.15) is 0 Å². The zero-order chi connectivity index (χ0) is 14.0. The van der Waals surface area contributed by atoms with Gasteiger partial charge in [-0.15, -0.1) is 0 Å². The molecule has 0 aliphatic carbocycles. The summed E-state index contributed by atoms with van der Waals surface area (Å²) in [5, 5.41) is 2.73. The smallest absolute Gasteiger partial charge is 0.228 e. The molecule has 0 spiro atoms. The van der Waals surface area contributed by atoms with Gasteiger partial charge in [0, 0.05) is 32.9 Å². The van der Waals surface area contributed by atoms with Crippen LogP contribution in [-0.4, -0.2) is 35.7 Å². The monoisotopic (exact) mass is 256 g/mol. The first-order chi connectivity index (χ1) is 8.52. The number of unbranched alkanes of at least 4 members (excludes halogenated alkanes) is 2. The van der Waals surface area contributed by atoms with Gasteiger partial charge in [0.15, 0.2) is 0 Å². The van der Waals surface area contributed by atoms with Gasteiger partial charge < -0.3 is 5.32 Å². The largest absolute Gasteiger partial charge is 0.356 e. The first kappa shape index (κ1) is 16.6. The Morgan fingerprint density at radius 2 is 1.72 bits per heavy atom. The summed E-state index contributed by atoms with van der Waals surface area (Å²) in [6, 6.07) is 0. The summed E-state index contributed by atoms with van der Waals surface area (Å²) in [6.07, 6.45) is 3.24. The molecule has 0 aromatic heterocycles. The lowest BCUT2D eigenvalue weighted by molar-refractivity contribution is -0.143. The van der Waals surface area contributed by atoms with Crippen molar-refractivity contribution in [1.82, 2.24) is 10.2 Å². The Hall–Kier alpha value is -1.39. The zero-order valence-corrected chi connectivity index (χ0v) is 11.6. The molecular formula is C13H24N2O3. The van der Waals surface area contributed by atoms with Crippen molar-refractivity contribution in [3.8, 4) is 0 Å². The van der Waals surface area contributed by atoms with E-state index in [0.717, 1.165) is 19.3 Å². The minimum atomic E-state index is -0.203. The van der Waals surface area contributed by atoms with E-state index < -0.39 is 0 Å². The Morgan fingerprint density at radius 3 is 2.22 bits per heavy atom. The molecule has 3 amide bonds. The molecule has 0 aromatic rings. The van der Waals surface area contributed by atoms with Crippen molar-refractivity contribution >= 4 is 17.7 Å². The van der Waals surface area contributed by atoms with Crippen molar-refractivity contribution in [2.75, 3.05) is 13.1 Å². The molecule has 0 bridgehead atoms. The van der Waals surface area contributed by atoms with E-state index in [4.69, 9.17) is 0 Å². The maximum Gasteiger partial charge on any atom is 0.228 e. The average Bonchev–Trinajstić information content (AvgIpc) is 2.32. The molecule has 18 heavy (non-hydrogen) atoms. The van der Waals surface area contributed by atoms with Crippen LogP contribution in [0.2, 0.25) is 0 Å². The van der Waals surface area contributed by atoms with Crippen molar-refractivity contribution in [2.24, 2.45) is 0 Å². The third-order valence-electron chi connectivity index (χ3n) is 2.64. The van der Waals surface area contributed by atoms with E-state index in [1.54, 1.807) is 6.92 Å². The number of hydrogen-bond donors (Lipinski definition) is 1. The molecule has 0 aliphatic heterocycles. The molecule has 5 nitrogen and oxygen atoms in total. The van der Waals surface area contributed by atoms with Crippen LogP contribution in [-0.2, 0) is 14.4 Å². The molecule has 0 radical (unpaired) electrons. The topological polar surface area (TPSA) is 66.5 Å². The van der Waals surface area contributed by atoms with Crippen molar-refractivity contribution in [3.63, 3.8) is 0 Å². The van der Waals surface area contributed by atoms with Gasteiger partial charge >= 0.3 is 0 Å². The summed E-state index contributed by atoms with van der Waals surface area (Å²) in [7, 11) is 0. The summed E-state index contributed by atoms with van der Waals surface area (Å²) < 4.78 is 0. The van der Waals surface area contributed by atoms with Crippen molar-refractivity contribution in [2.45, 2.75) is 52.9 Å². The van der Waals surface area contributed by atoms with Crippen molar-refractivity contribution in [1.29, 1.82) is 0 Å². The van der Waals surface area contributed by atoms with Crippen LogP contribution in [0.5, 0.6) is 0 Å². The Bertz CT molecular complexity index is 290. The molecular weight excluding hydrogens is 232 g/mol. The van der Waals surface area contributed by atoms with Gasteiger partial charge in [-0.3, -0.25) is 19.3 Å². The number of nitrogens with one attached hydrogen (secondary N) is 1. The number of imide groups is 1. The molecule has 0 aliphatic rings. The molecule has 0 atom stereocenters. The van der Waals surface area contributed by atoms with Crippen LogP contribution in [0.15, 0.2) is 0 Å². The lowest BCUT2D eigenvalue weighted by Crippen LogP contribution is -2.35. The number of hydrogen-bond acceptors (Lipinski definition) is 3. The molecule has 0 fully saturated rings. The molecule has 0 rings (SSSR count). The Kier molecular flexibility index (Phi) is 8.88. The fourth-order valence-electron chi connectivity index (χ4n) is 1.67. The second-order valence-electron chi connectivity index (χ2n) is 4.18. The van der Waals surface area contributed by atoms with E-state index in [2.05, 4.69) is 5.32 Å². The number of carbonyl (C=O) groups excluding carboxylic acids is 3. The van der Waals surface area contributed by atoms with E-state index >= 15 is 0 Å². The Balaban J connectivity index is 3.78. The molecule has 0 saturated carbocycles. The van der Waals surface area contributed by atoms with Crippen molar-refractivity contribution < 1.29 is 14.4 Å². The van der Waals surface area contributed by atoms with Crippen LogP contribution >= 0.6 is 0 Å².